The number of anilines is 1. The number of aryl methyl sites for hydroxylation is 1. The average molecular weight is 491 g/mol. The second-order valence-corrected chi connectivity index (χ2v) is 11.5. The largest absolute Gasteiger partial charge is 0.492 e. The summed E-state index contributed by atoms with van der Waals surface area (Å²) >= 11 is 1.90. The molecule has 0 aromatic heterocycles. The molecule has 2 aromatic rings. The lowest BCUT2D eigenvalue weighted by Crippen LogP contribution is -2.41. The summed E-state index contributed by atoms with van der Waals surface area (Å²) in [5, 5.41) is 3.57. The normalized spacial score (nSPS) is 14.6. The van der Waals surface area contributed by atoms with Gasteiger partial charge in [-0.25, -0.2) is 8.42 Å². The molecule has 6 nitrogen and oxygen atoms in total. The summed E-state index contributed by atoms with van der Waals surface area (Å²) in [5.74, 6) is 0.925. The van der Waals surface area contributed by atoms with E-state index in [1.165, 1.54) is 32.1 Å². The van der Waals surface area contributed by atoms with Crippen molar-refractivity contribution in [2.75, 3.05) is 29.8 Å². The first kappa shape index (κ1) is 25.4. The van der Waals surface area contributed by atoms with E-state index < -0.39 is 10.0 Å². The summed E-state index contributed by atoms with van der Waals surface area (Å²) in [7, 11) is -3.97. The van der Waals surface area contributed by atoms with Gasteiger partial charge in [-0.05, 0) is 51.0 Å². The number of para-hydroxylation sites is 2. The molecule has 8 heteroatoms. The van der Waals surface area contributed by atoms with Gasteiger partial charge < -0.3 is 10.1 Å². The number of hydrogen-bond donors (Lipinski definition) is 1. The minimum absolute atomic E-state index is 0.139. The van der Waals surface area contributed by atoms with E-state index >= 15 is 0 Å². The zero-order valence-electron chi connectivity index (χ0n) is 19.5. The summed E-state index contributed by atoms with van der Waals surface area (Å²) in [5.41, 5.74) is 1.31. The molecule has 3 rings (SSSR count). The van der Waals surface area contributed by atoms with E-state index in [0.717, 1.165) is 15.6 Å². The van der Waals surface area contributed by atoms with E-state index in [1.807, 2.05) is 25.6 Å². The molecule has 0 bridgehead atoms. The van der Waals surface area contributed by atoms with Crippen LogP contribution in [0.5, 0.6) is 5.75 Å². The van der Waals surface area contributed by atoms with E-state index in [-0.39, 0.29) is 17.3 Å². The summed E-state index contributed by atoms with van der Waals surface area (Å²) in [4.78, 5) is 13.0. The molecule has 1 aliphatic carbocycles. The van der Waals surface area contributed by atoms with Crippen molar-refractivity contribution >= 4 is 33.4 Å². The maximum atomic E-state index is 13.6. The average Bonchev–Trinajstić information content (AvgIpc) is 2.82. The Balaban J connectivity index is 1.74. The van der Waals surface area contributed by atoms with Crippen LogP contribution in [-0.4, -0.2) is 45.0 Å². The minimum atomic E-state index is -3.97. The molecule has 0 spiro atoms. The van der Waals surface area contributed by atoms with Crippen LogP contribution < -0.4 is 14.4 Å². The number of rotatable bonds is 11. The van der Waals surface area contributed by atoms with Crippen LogP contribution in [0.1, 0.15) is 44.6 Å². The number of nitrogens with zero attached hydrogens (tertiary/aromatic N) is 1. The third-order valence-electron chi connectivity index (χ3n) is 5.66. The lowest BCUT2D eigenvalue weighted by Gasteiger charge is -2.26. The van der Waals surface area contributed by atoms with Gasteiger partial charge in [-0.2, -0.15) is 11.8 Å². The Hall–Kier alpha value is -2.19. The molecule has 0 atom stereocenters. The standard InChI is InChI=1S/C25H34N2O4S2/c1-3-31-24-12-8-7-11-23(24)27(33(29,30)22-15-13-20(2)14-16-22)19-25(28)26-17-18-32-21-9-5-4-6-10-21/h7-8,11-16,21H,3-6,9-10,17-19H2,1-2H3,(H,26,28). The highest BCUT2D eigenvalue weighted by molar-refractivity contribution is 7.99. The quantitative estimate of drug-likeness (QED) is 0.459. The van der Waals surface area contributed by atoms with E-state index in [4.69, 9.17) is 4.74 Å². The number of ether oxygens (including phenoxy) is 1. The number of thioether (sulfide) groups is 1. The molecule has 1 saturated carbocycles. The Bertz CT molecular complexity index is 1000. The van der Waals surface area contributed by atoms with Crippen molar-refractivity contribution < 1.29 is 17.9 Å². The second-order valence-electron chi connectivity index (χ2n) is 8.21. The van der Waals surface area contributed by atoms with Gasteiger partial charge in [0, 0.05) is 17.5 Å². The first-order valence-electron chi connectivity index (χ1n) is 11.6. The van der Waals surface area contributed by atoms with Crippen LogP contribution in [0.4, 0.5) is 5.69 Å². The predicted molar refractivity (Wildman–Crippen MR) is 136 cm³/mol. The molecule has 0 aliphatic heterocycles. The second kappa shape index (κ2) is 12.3. The lowest BCUT2D eigenvalue weighted by molar-refractivity contribution is -0.119. The van der Waals surface area contributed by atoms with Crippen LogP contribution in [0.15, 0.2) is 53.4 Å². The zero-order chi connectivity index (χ0) is 23.7. The van der Waals surface area contributed by atoms with Crippen LogP contribution in [0.2, 0.25) is 0 Å². The van der Waals surface area contributed by atoms with Crippen LogP contribution in [-0.2, 0) is 14.8 Å². The van der Waals surface area contributed by atoms with Gasteiger partial charge in [0.15, 0.2) is 0 Å². The van der Waals surface area contributed by atoms with Crippen molar-refractivity contribution in [1.82, 2.24) is 5.32 Å². The van der Waals surface area contributed by atoms with Crippen molar-refractivity contribution in [2.45, 2.75) is 56.1 Å². The van der Waals surface area contributed by atoms with Crippen LogP contribution >= 0.6 is 11.8 Å². The maximum Gasteiger partial charge on any atom is 0.264 e. The van der Waals surface area contributed by atoms with Gasteiger partial charge in [-0.3, -0.25) is 9.10 Å². The molecular formula is C25H34N2O4S2. The van der Waals surface area contributed by atoms with Crippen LogP contribution in [0.25, 0.3) is 0 Å². The van der Waals surface area contributed by atoms with Gasteiger partial charge in [0.05, 0.1) is 17.2 Å². The number of sulfonamides is 1. The molecule has 0 heterocycles. The first-order chi connectivity index (χ1) is 15.9. The highest BCUT2D eigenvalue weighted by atomic mass is 32.2. The van der Waals surface area contributed by atoms with Crippen molar-refractivity contribution in [3.8, 4) is 5.75 Å². The molecular weight excluding hydrogens is 456 g/mol. The van der Waals surface area contributed by atoms with E-state index in [2.05, 4.69) is 5.32 Å². The summed E-state index contributed by atoms with van der Waals surface area (Å²) in [6.07, 6.45) is 6.39. The number of carbonyl (C=O) groups is 1. The Morgan fingerprint density at radius 3 is 2.48 bits per heavy atom. The van der Waals surface area contributed by atoms with Crippen molar-refractivity contribution in [1.29, 1.82) is 0 Å². The monoisotopic (exact) mass is 490 g/mol. The number of amides is 1. The number of hydrogen-bond acceptors (Lipinski definition) is 5. The summed E-state index contributed by atoms with van der Waals surface area (Å²) in [6, 6.07) is 13.6. The van der Waals surface area contributed by atoms with Gasteiger partial charge in [0.2, 0.25) is 5.91 Å². The van der Waals surface area contributed by atoms with Gasteiger partial charge >= 0.3 is 0 Å². The number of carbonyl (C=O) groups excluding carboxylic acids is 1. The molecule has 0 radical (unpaired) electrons. The Labute approximate surface area is 202 Å². The van der Waals surface area contributed by atoms with Crippen molar-refractivity contribution in [3.05, 3.63) is 54.1 Å². The topological polar surface area (TPSA) is 75.7 Å². The van der Waals surface area contributed by atoms with Gasteiger partial charge in [-0.1, -0.05) is 49.1 Å². The fraction of sp³-hybridized carbons (Fsp3) is 0.480. The van der Waals surface area contributed by atoms with Crippen molar-refractivity contribution in [2.24, 2.45) is 0 Å². The Kier molecular flexibility index (Phi) is 9.50. The summed E-state index contributed by atoms with van der Waals surface area (Å²) < 4.78 is 33.9. The minimum Gasteiger partial charge on any atom is -0.492 e. The number of nitrogens with one attached hydrogen (secondary N) is 1. The third-order valence-corrected chi connectivity index (χ3v) is 8.82. The third kappa shape index (κ3) is 7.14. The summed E-state index contributed by atoms with van der Waals surface area (Å²) in [6.45, 7) is 4.34. The van der Waals surface area contributed by atoms with Gasteiger partial charge in [0.1, 0.15) is 12.3 Å². The zero-order valence-corrected chi connectivity index (χ0v) is 21.1. The fourth-order valence-electron chi connectivity index (χ4n) is 3.91. The van der Waals surface area contributed by atoms with Gasteiger partial charge in [0.25, 0.3) is 10.0 Å². The highest BCUT2D eigenvalue weighted by Crippen LogP contribution is 2.32. The Morgan fingerprint density at radius 1 is 1.09 bits per heavy atom. The molecule has 0 unspecified atom stereocenters. The highest BCUT2D eigenvalue weighted by Gasteiger charge is 2.29. The molecule has 1 N–H and O–H groups in total. The molecule has 0 saturated heterocycles. The van der Waals surface area contributed by atoms with E-state index in [1.54, 1.807) is 48.5 Å². The smallest absolute Gasteiger partial charge is 0.264 e. The van der Waals surface area contributed by atoms with Crippen LogP contribution in [0.3, 0.4) is 0 Å². The molecule has 180 valence electrons. The van der Waals surface area contributed by atoms with Crippen molar-refractivity contribution in [3.63, 3.8) is 0 Å². The maximum absolute atomic E-state index is 13.6. The molecule has 33 heavy (non-hydrogen) atoms. The first-order valence-corrected chi connectivity index (χ1v) is 14.1. The van der Waals surface area contributed by atoms with Crippen LogP contribution in [0, 0.1) is 6.92 Å². The SMILES string of the molecule is CCOc1ccccc1N(CC(=O)NCCSC1CCCCC1)S(=O)(=O)c1ccc(C)cc1. The van der Waals surface area contributed by atoms with Gasteiger partial charge in [-0.15, -0.1) is 0 Å². The molecule has 1 fully saturated rings. The fourth-order valence-corrected chi connectivity index (χ4v) is 6.56. The lowest BCUT2D eigenvalue weighted by atomic mass is 10.0. The number of benzene rings is 2. The molecule has 1 amide bonds. The predicted octanol–water partition coefficient (Wildman–Crippen LogP) is 4.77. The Morgan fingerprint density at radius 2 is 1.79 bits per heavy atom. The molecule has 1 aliphatic rings. The van der Waals surface area contributed by atoms with E-state index in [0.29, 0.717) is 29.8 Å². The molecule has 2 aromatic carbocycles. The van der Waals surface area contributed by atoms with E-state index in [9.17, 15) is 13.2 Å².